The van der Waals surface area contributed by atoms with Crippen molar-refractivity contribution in [2.24, 2.45) is 0 Å². The maximum Gasteiger partial charge on any atom is 0.146 e. The number of hydrogen-bond donors (Lipinski definition) is 1. The number of nitrogens with zero attached hydrogens (tertiary/aromatic N) is 1. The van der Waals surface area contributed by atoms with E-state index < -0.39 is 0 Å². The second kappa shape index (κ2) is 5.95. The largest absolute Gasteiger partial charge is 0.508 e. The minimum Gasteiger partial charge on any atom is -0.508 e. The Labute approximate surface area is 119 Å². The van der Waals surface area contributed by atoms with E-state index in [1.807, 2.05) is 43.9 Å². The molecule has 0 aliphatic rings. The average molecular weight is 273 g/mol. The molecule has 0 aromatic heterocycles. The molecule has 0 aliphatic heterocycles. The fourth-order valence-corrected chi connectivity index (χ4v) is 2.51. The molecule has 1 atom stereocenters. The van der Waals surface area contributed by atoms with Crippen molar-refractivity contribution in [1.29, 1.82) is 0 Å². The van der Waals surface area contributed by atoms with Crippen LogP contribution >= 0.6 is 0 Å². The van der Waals surface area contributed by atoms with E-state index in [1.54, 1.807) is 18.2 Å². The zero-order valence-corrected chi connectivity index (χ0v) is 12.1. The molecule has 0 fully saturated rings. The normalized spacial score (nSPS) is 12.2. The summed E-state index contributed by atoms with van der Waals surface area (Å²) in [6, 6.07) is 12.1. The number of phenols is 1. The number of rotatable bonds is 4. The summed E-state index contributed by atoms with van der Waals surface area (Å²) in [6.07, 6.45) is 0. The Morgan fingerprint density at radius 1 is 1.20 bits per heavy atom. The summed E-state index contributed by atoms with van der Waals surface area (Å²) in [5, 5.41) is 10.0. The third kappa shape index (κ3) is 2.77. The van der Waals surface area contributed by atoms with Gasteiger partial charge in [-0.3, -0.25) is 0 Å². The summed E-state index contributed by atoms with van der Waals surface area (Å²) < 4.78 is 14.0. The van der Waals surface area contributed by atoms with E-state index in [0.29, 0.717) is 12.2 Å². The number of aromatic hydroxyl groups is 1. The molecule has 2 rings (SSSR count). The van der Waals surface area contributed by atoms with Gasteiger partial charge < -0.3 is 10.0 Å². The van der Waals surface area contributed by atoms with Gasteiger partial charge in [0.1, 0.15) is 11.6 Å². The lowest BCUT2D eigenvalue weighted by molar-refractivity contribution is 0.460. The van der Waals surface area contributed by atoms with Crippen molar-refractivity contribution in [3.8, 4) is 5.75 Å². The van der Waals surface area contributed by atoms with E-state index in [1.165, 1.54) is 6.07 Å². The van der Waals surface area contributed by atoms with Crippen molar-refractivity contribution in [2.45, 2.75) is 26.8 Å². The van der Waals surface area contributed by atoms with Crippen molar-refractivity contribution in [3.63, 3.8) is 0 Å². The smallest absolute Gasteiger partial charge is 0.146 e. The third-order valence-electron chi connectivity index (χ3n) is 3.60. The predicted octanol–water partition coefficient (Wildman–Crippen LogP) is 4.43. The highest BCUT2D eigenvalue weighted by molar-refractivity contribution is 5.51. The molecule has 20 heavy (non-hydrogen) atoms. The van der Waals surface area contributed by atoms with Crippen molar-refractivity contribution in [1.82, 2.24) is 0 Å². The monoisotopic (exact) mass is 273 g/mol. The van der Waals surface area contributed by atoms with Crippen LogP contribution in [-0.4, -0.2) is 11.7 Å². The molecule has 0 amide bonds. The Hall–Kier alpha value is -2.03. The summed E-state index contributed by atoms with van der Waals surface area (Å²) in [6.45, 7) is 6.60. The Bertz CT molecular complexity index is 597. The molecule has 1 unspecified atom stereocenters. The number of anilines is 1. The van der Waals surface area contributed by atoms with Crippen LogP contribution in [0.1, 0.15) is 31.0 Å². The first-order chi connectivity index (χ1) is 9.54. The Morgan fingerprint density at radius 2 is 1.90 bits per heavy atom. The van der Waals surface area contributed by atoms with Crippen molar-refractivity contribution in [2.75, 3.05) is 11.4 Å². The number of aryl methyl sites for hydroxylation is 1. The summed E-state index contributed by atoms with van der Waals surface area (Å²) >= 11 is 0. The van der Waals surface area contributed by atoms with Gasteiger partial charge in [-0.1, -0.05) is 29.8 Å². The summed E-state index contributed by atoms with van der Waals surface area (Å²) in [4.78, 5) is 1.95. The standard InChI is InChI=1S/C17H20FNO/c1-4-19(16-8-6-5-7-15(16)18)13(3)14-11-12(2)9-10-17(14)20/h5-11,13,20H,4H2,1-3H3. The highest BCUT2D eigenvalue weighted by Crippen LogP contribution is 2.33. The van der Waals surface area contributed by atoms with Crippen molar-refractivity contribution >= 4 is 5.69 Å². The fraction of sp³-hybridized carbons (Fsp3) is 0.294. The molecular formula is C17H20FNO. The number of hydrogen-bond acceptors (Lipinski definition) is 2. The lowest BCUT2D eigenvalue weighted by Crippen LogP contribution is -2.27. The molecule has 0 heterocycles. The second-order valence-corrected chi connectivity index (χ2v) is 4.98. The van der Waals surface area contributed by atoms with E-state index in [9.17, 15) is 9.50 Å². The minimum atomic E-state index is -0.242. The Kier molecular flexibility index (Phi) is 4.28. The number of benzene rings is 2. The first-order valence-corrected chi connectivity index (χ1v) is 6.85. The Balaban J connectivity index is 2.41. The zero-order chi connectivity index (χ0) is 14.7. The van der Waals surface area contributed by atoms with Gasteiger partial charge in [0, 0.05) is 12.1 Å². The van der Waals surface area contributed by atoms with Gasteiger partial charge in [0.25, 0.3) is 0 Å². The Morgan fingerprint density at radius 3 is 2.55 bits per heavy atom. The molecule has 0 spiro atoms. The van der Waals surface area contributed by atoms with Crippen molar-refractivity contribution < 1.29 is 9.50 Å². The summed E-state index contributed by atoms with van der Waals surface area (Å²) in [5.41, 5.74) is 2.45. The fourth-order valence-electron chi connectivity index (χ4n) is 2.51. The van der Waals surface area contributed by atoms with Crippen LogP contribution in [0.15, 0.2) is 42.5 Å². The van der Waals surface area contributed by atoms with Gasteiger partial charge in [0.2, 0.25) is 0 Å². The molecule has 0 saturated carbocycles. The van der Waals surface area contributed by atoms with Gasteiger partial charge in [-0.25, -0.2) is 4.39 Å². The van der Waals surface area contributed by atoms with Crippen LogP contribution in [0, 0.1) is 12.7 Å². The molecule has 0 aliphatic carbocycles. The molecule has 106 valence electrons. The molecule has 2 nitrogen and oxygen atoms in total. The molecule has 0 radical (unpaired) electrons. The van der Waals surface area contributed by atoms with Gasteiger partial charge in [0.05, 0.1) is 11.7 Å². The highest BCUT2D eigenvalue weighted by atomic mass is 19.1. The number of phenolic OH excluding ortho intramolecular Hbond substituents is 1. The van der Waals surface area contributed by atoms with Gasteiger partial charge in [-0.15, -0.1) is 0 Å². The second-order valence-electron chi connectivity index (χ2n) is 4.98. The van der Waals surface area contributed by atoms with Gasteiger partial charge in [0.15, 0.2) is 0 Å². The maximum atomic E-state index is 14.0. The first kappa shape index (κ1) is 14.4. The lowest BCUT2D eigenvalue weighted by atomic mass is 10.0. The van der Waals surface area contributed by atoms with Crippen molar-refractivity contribution in [3.05, 3.63) is 59.4 Å². The molecule has 3 heteroatoms. The summed E-state index contributed by atoms with van der Waals surface area (Å²) in [5.74, 6) is 0.00577. The molecule has 0 bridgehead atoms. The topological polar surface area (TPSA) is 23.5 Å². The van der Waals surface area contributed by atoms with Gasteiger partial charge >= 0.3 is 0 Å². The SMILES string of the molecule is CCN(c1ccccc1F)C(C)c1cc(C)ccc1O. The van der Waals surface area contributed by atoms with Gasteiger partial charge in [-0.05, 0) is 39.0 Å². The van der Waals surface area contributed by atoms with Crippen LogP contribution in [0.4, 0.5) is 10.1 Å². The minimum absolute atomic E-state index is 0.100. The van der Waals surface area contributed by atoms with E-state index in [0.717, 1.165) is 11.1 Å². The number of para-hydroxylation sites is 1. The van der Waals surface area contributed by atoms with E-state index >= 15 is 0 Å². The van der Waals surface area contributed by atoms with Crippen LogP contribution in [-0.2, 0) is 0 Å². The number of halogens is 1. The quantitative estimate of drug-likeness (QED) is 0.891. The van der Waals surface area contributed by atoms with E-state index in [2.05, 4.69) is 0 Å². The molecular weight excluding hydrogens is 253 g/mol. The van der Waals surface area contributed by atoms with Crippen LogP contribution in [0.3, 0.4) is 0 Å². The first-order valence-electron chi connectivity index (χ1n) is 6.85. The maximum absolute atomic E-state index is 14.0. The molecule has 1 N–H and O–H groups in total. The van der Waals surface area contributed by atoms with Crippen LogP contribution in [0.2, 0.25) is 0 Å². The van der Waals surface area contributed by atoms with E-state index in [-0.39, 0.29) is 17.6 Å². The molecule has 0 saturated heterocycles. The summed E-state index contributed by atoms with van der Waals surface area (Å²) in [7, 11) is 0. The van der Waals surface area contributed by atoms with E-state index in [4.69, 9.17) is 0 Å². The highest BCUT2D eigenvalue weighted by Gasteiger charge is 2.20. The van der Waals surface area contributed by atoms with Gasteiger partial charge in [-0.2, -0.15) is 0 Å². The zero-order valence-electron chi connectivity index (χ0n) is 12.1. The predicted molar refractivity (Wildman–Crippen MR) is 80.7 cm³/mol. The van der Waals surface area contributed by atoms with Crippen LogP contribution in [0.5, 0.6) is 5.75 Å². The average Bonchev–Trinajstić information content (AvgIpc) is 2.44. The molecule has 2 aromatic rings. The van der Waals surface area contributed by atoms with Crippen LogP contribution < -0.4 is 4.90 Å². The third-order valence-corrected chi connectivity index (χ3v) is 3.60. The van der Waals surface area contributed by atoms with Crippen LogP contribution in [0.25, 0.3) is 0 Å². The molecule has 2 aromatic carbocycles. The lowest BCUT2D eigenvalue weighted by Gasteiger charge is -2.31.